The van der Waals surface area contributed by atoms with Gasteiger partial charge in [0.25, 0.3) is 5.91 Å². The number of carbonyl (C=O) groups excluding carboxylic acids is 2. The van der Waals surface area contributed by atoms with Crippen LogP contribution < -0.4 is 11.3 Å². The molecule has 0 radical (unpaired) electrons. The first kappa shape index (κ1) is 16.6. The Bertz CT molecular complexity index is 505. The van der Waals surface area contributed by atoms with E-state index in [4.69, 9.17) is 5.84 Å². The van der Waals surface area contributed by atoms with Crippen molar-refractivity contribution in [3.05, 3.63) is 33.8 Å². The van der Waals surface area contributed by atoms with Crippen molar-refractivity contribution in [1.82, 2.24) is 15.2 Å². The minimum absolute atomic E-state index is 0.0442. The van der Waals surface area contributed by atoms with Crippen LogP contribution in [-0.4, -0.2) is 49.3 Å². The van der Waals surface area contributed by atoms with Gasteiger partial charge in [-0.25, -0.2) is 5.84 Å². The number of hydrazine groups is 1. The van der Waals surface area contributed by atoms with E-state index in [-0.39, 0.29) is 11.8 Å². The first-order chi connectivity index (χ1) is 9.35. The summed E-state index contributed by atoms with van der Waals surface area (Å²) in [6.45, 7) is 0.940. The van der Waals surface area contributed by atoms with Gasteiger partial charge in [-0.3, -0.25) is 19.9 Å². The molecule has 0 heterocycles. The molecular weight excluding hydrogens is 324 g/mol. The van der Waals surface area contributed by atoms with Crippen molar-refractivity contribution in [2.45, 2.75) is 6.54 Å². The number of hydrogen-bond donors (Lipinski definition) is 2. The van der Waals surface area contributed by atoms with E-state index in [0.29, 0.717) is 18.7 Å². The van der Waals surface area contributed by atoms with E-state index < -0.39 is 0 Å². The summed E-state index contributed by atoms with van der Waals surface area (Å²) in [5.74, 6) is 4.80. The SMILES string of the molecule is CN(CC(=O)N(C)C)Cc1ccc(C(=O)NN)cc1Br. The molecule has 0 aliphatic heterocycles. The Kier molecular flexibility index (Phi) is 6.12. The lowest BCUT2D eigenvalue weighted by molar-refractivity contribution is -0.129. The van der Waals surface area contributed by atoms with Gasteiger partial charge in [0.05, 0.1) is 6.54 Å². The van der Waals surface area contributed by atoms with E-state index in [1.54, 1.807) is 31.1 Å². The van der Waals surface area contributed by atoms with Gasteiger partial charge in [0.2, 0.25) is 5.91 Å². The average Bonchev–Trinajstić information content (AvgIpc) is 2.39. The molecule has 0 aliphatic rings. The Balaban J connectivity index is 2.73. The monoisotopic (exact) mass is 342 g/mol. The maximum Gasteiger partial charge on any atom is 0.265 e. The molecule has 3 N–H and O–H groups in total. The lowest BCUT2D eigenvalue weighted by Crippen LogP contribution is -2.34. The van der Waals surface area contributed by atoms with E-state index >= 15 is 0 Å². The molecule has 20 heavy (non-hydrogen) atoms. The molecule has 0 unspecified atom stereocenters. The van der Waals surface area contributed by atoms with E-state index in [1.165, 1.54) is 0 Å². The predicted molar refractivity (Wildman–Crippen MR) is 80.8 cm³/mol. The molecular formula is C13H19BrN4O2. The molecule has 0 fully saturated rings. The van der Waals surface area contributed by atoms with Gasteiger partial charge >= 0.3 is 0 Å². The van der Waals surface area contributed by atoms with Gasteiger partial charge in [-0.1, -0.05) is 22.0 Å². The van der Waals surface area contributed by atoms with Crippen LogP contribution in [0.3, 0.4) is 0 Å². The van der Waals surface area contributed by atoms with Gasteiger partial charge in [0.15, 0.2) is 0 Å². The van der Waals surface area contributed by atoms with Crippen molar-refractivity contribution in [3.8, 4) is 0 Å². The molecule has 1 aromatic rings. The third kappa shape index (κ3) is 4.59. The number of amides is 2. The van der Waals surface area contributed by atoms with Crippen LogP contribution in [0.5, 0.6) is 0 Å². The second kappa shape index (κ2) is 7.37. The fraction of sp³-hybridized carbons (Fsp3) is 0.385. The maximum absolute atomic E-state index is 11.6. The van der Waals surface area contributed by atoms with Crippen molar-refractivity contribution >= 4 is 27.7 Å². The van der Waals surface area contributed by atoms with Crippen LogP contribution in [0, 0.1) is 0 Å². The Morgan fingerprint density at radius 2 is 1.95 bits per heavy atom. The van der Waals surface area contributed by atoms with Gasteiger partial charge in [0, 0.05) is 30.7 Å². The number of carbonyl (C=O) groups is 2. The molecule has 0 spiro atoms. The van der Waals surface area contributed by atoms with Crippen LogP contribution in [0.2, 0.25) is 0 Å². The first-order valence-electron chi connectivity index (χ1n) is 6.03. The van der Waals surface area contributed by atoms with Crippen molar-refractivity contribution < 1.29 is 9.59 Å². The lowest BCUT2D eigenvalue weighted by Gasteiger charge is -2.19. The number of benzene rings is 1. The highest BCUT2D eigenvalue weighted by Gasteiger charge is 2.12. The molecule has 0 aliphatic carbocycles. The average molecular weight is 343 g/mol. The van der Waals surface area contributed by atoms with Crippen molar-refractivity contribution in [3.63, 3.8) is 0 Å². The zero-order valence-corrected chi connectivity index (χ0v) is 13.4. The summed E-state index contributed by atoms with van der Waals surface area (Å²) in [6.07, 6.45) is 0. The van der Waals surface area contributed by atoms with Crippen molar-refractivity contribution in [2.24, 2.45) is 5.84 Å². The number of halogens is 1. The zero-order valence-electron chi connectivity index (χ0n) is 11.8. The molecule has 110 valence electrons. The largest absolute Gasteiger partial charge is 0.348 e. The van der Waals surface area contributed by atoms with Crippen LogP contribution in [0.1, 0.15) is 15.9 Å². The third-order valence-electron chi connectivity index (χ3n) is 2.79. The van der Waals surface area contributed by atoms with Crippen LogP contribution in [0.4, 0.5) is 0 Å². The maximum atomic E-state index is 11.6. The number of nitrogens with one attached hydrogen (secondary N) is 1. The molecule has 0 saturated carbocycles. The Morgan fingerprint density at radius 3 is 2.45 bits per heavy atom. The topological polar surface area (TPSA) is 78.7 Å². The van der Waals surface area contributed by atoms with Crippen LogP contribution in [0.25, 0.3) is 0 Å². The van der Waals surface area contributed by atoms with Gasteiger partial charge in [-0.2, -0.15) is 0 Å². The number of likely N-dealkylation sites (N-methyl/N-ethyl adjacent to an activating group) is 2. The summed E-state index contributed by atoms with van der Waals surface area (Å²) in [6, 6.07) is 5.24. The number of nitrogen functional groups attached to an aromatic ring is 1. The zero-order chi connectivity index (χ0) is 15.3. The third-order valence-corrected chi connectivity index (χ3v) is 3.53. The van der Waals surface area contributed by atoms with E-state index in [0.717, 1.165) is 10.0 Å². The van der Waals surface area contributed by atoms with E-state index in [2.05, 4.69) is 21.4 Å². The fourth-order valence-electron chi connectivity index (χ4n) is 1.62. The second-order valence-corrected chi connectivity index (χ2v) is 5.59. The smallest absolute Gasteiger partial charge is 0.265 e. The number of rotatable bonds is 5. The van der Waals surface area contributed by atoms with Crippen LogP contribution in [-0.2, 0) is 11.3 Å². The van der Waals surface area contributed by atoms with Crippen LogP contribution >= 0.6 is 15.9 Å². The summed E-state index contributed by atoms with van der Waals surface area (Å²) in [5, 5.41) is 0. The lowest BCUT2D eigenvalue weighted by atomic mass is 10.1. The first-order valence-corrected chi connectivity index (χ1v) is 6.82. The molecule has 0 atom stereocenters. The predicted octanol–water partition coefficient (Wildman–Crippen LogP) is 0.573. The van der Waals surface area contributed by atoms with Crippen molar-refractivity contribution in [2.75, 3.05) is 27.7 Å². The Morgan fingerprint density at radius 1 is 1.30 bits per heavy atom. The van der Waals surface area contributed by atoms with Gasteiger partial charge < -0.3 is 4.90 Å². The molecule has 0 saturated heterocycles. The second-order valence-electron chi connectivity index (χ2n) is 4.74. The highest BCUT2D eigenvalue weighted by molar-refractivity contribution is 9.10. The van der Waals surface area contributed by atoms with E-state index in [9.17, 15) is 9.59 Å². The molecule has 1 rings (SSSR count). The molecule has 0 bridgehead atoms. The quantitative estimate of drug-likeness (QED) is 0.466. The number of nitrogens with zero attached hydrogens (tertiary/aromatic N) is 2. The molecule has 2 amide bonds. The van der Waals surface area contributed by atoms with Crippen LogP contribution in [0.15, 0.2) is 22.7 Å². The van der Waals surface area contributed by atoms with Gasteiger partial charge in [0.1, 0.15) is 0 Å². The standard InChI is InChI=1S/C13H19BrN4O2/c1-17(2)12(19)8-18(3)7-10-5-4-9(6-11(10)14)13(20)16-15/h4-6H,7-8,15H2,1-3H3,(H,16,20). The minimum atomic E-state index is -0.339. The summed E-state index contributed by atoms with van der Waals surface area (Å²) < 4.78 is 0.808. The minimum Gasteiger partial charge on any atom is -0.348 e. The van der Waals surface area contributed by atoms with Gasteiger partial charge in [-0.15, -0.1) is 0 Å². The van der Waals surface area contributed by atoms with Gasteiger partial charge in [-0.05, 0) is 24.7 Å². The summed E-state index contributed by atoms with van der Waals surface area (Å²) in [5.41, 5.74) is 3.56. The highest BCUT2D eigenvalue weighted by Crippen LogP contribution is 2.20. The number of nitrogens with two attached hydrogens (primary N) is 1. The molecule has 6 nitrogen and oxygen atoms in total. The number of hydrogen-bond acceptors (Lipinski definition) is 4. The summed E-state index contributed by atoms with van der Waals surface area (Å²) in [7, 11) is 5.33. The molecule has 1 aromatic carbocycles. The summed E-state index contributed by atoms with van der Waals surface area (Å²) >= 11 is 3.43. The fourth-order valence-corrected chi connectivity index (χ4v) is 2.12. The van der Waals surface area contributed by atoms with Crippen molar-refractivity contribution in [1.29, 1.82) is 0 Å². The molecule has 7 heteroatoms. The Labute approximate surface area is 127 Å². The van der Waals surface area contributed by atoms with E-state index in [1.807, 2.05) is 18.0 Å². The summed E-state index contributed by atoms with van der Waals surface area (Å²) in [4.78, 5) is 26.5. The molecule has 0 aromatic heterocycles. The highest BCUT2D eigenvalue weighted by atomic mass is 79.9. The Hall–Kier alpha value is -1.44. The normalized spacial score (nSPS) is 10.5.